The molecule has 0 aromatic heterocycles. The Kier molecular flexibility index (Phi) is 5.81. The number of sulfonamides is 1. The predicted octanol–water partition coefficient (Wildman–Crippen LogP) is 3.38. The lowest BCUT2D eigenvalue weighted by Gasteiger charge is -2.23. The van der Waals surface area contributed by atoms with E-state index in [1.165, 1.54) is 24.3 Å². The lowest BCUT2D eigenvalue weighted by Crippen LogP contribution is -2.43. The van der Waals surface area contributed by atoms with E-state index in [4.69, 9.17) is 52.8 Å². The molecule has 104 valence electrons. The van der Waals surface area contributed by atoms with Crippen molar-refractivity contribution >= 4 is 56.4 Å². The van der Waals surface area contributed by atoms with Crippen molar-refractivity contribution < 1.29 is 8.42 Å². The van der Waals surface area contributed by atoms with Gasteiger partial charge in [-0.05, 0) is 24.3 Å². The van der Waals surface area contributed by atoms with E-state index >= 15 is 0 Å². The van der Waals surface area contributed by atoms with Gasteiger partial charge < -0.3 is 0 Å². The summed E-state index contributed by atoms with van der Waals surface area (Å²) in [5, 5.41) is 0.417. The molecule has 1 unspecified atom stereocenters. The molecular formula is C11H9Cl4NO2S. The fourth-order valence-corrected chi connectivity index (χ4v) is 3.19. The molecular weight excluding hydrogens is 352 g/mol. The second kappa shape index (κ2) is 6.53. The number of nitrogens with one attached hydrogen (secondary N) is 1. The Morgan fingerprint density at radius 2 is 1.79 bits per heavy atom. The van der Waals surface area contributed by atoms with Gasteiger partial charge in [0.25, 0.3) is 0 Å². The molecule has 0 spiro atoms. The van der Waals surface area contributed by atoms with Crippen molar-refractivity contribution in [2.45, 2.75) is 21.2 Å². The van der Waals surface area contributed by atoms with Crippen LogP contribution in [0.3, 0.4) is 0 Å². The van der Waals surface area contributed by atoms with Crippen LogP contribution in [0.5, 0.6) is 0 Å². The van der Waals surface area contributed by atoms with Gasteiger partial charge in [-0.3, -0.25) is 0 Å². The molecule has 0 aliphatic rings. The van der Waals surface area contributed by atoms with Crippen molar-refractivity contribution in [3.63, 3.8) is 0 Å². The summed E-state index contributed by atoms with van der Waals surface area (Å²) < 4.78 is 24.6. The normalized spacial score (nSPS) is 13.8. The molecule has 0 fully saturated rings. The molecule has 1 rings (SSSR count). The number of rotatable bonds is 4. The Hall–Kier alpha value is -0.150. The largest absolute Gasteiger partial charge is 0.240 e. The summed E-state index contributed by atoms with van der Waals surface area (Å²) in [5.74, 6) is 2.26. The van der Waals surface area contributed by atoms with Crippen LogP contribution in [0, 0.1) is 12.3 Å². The standard InChI is InChI=1S/C11H9Cl4NO2S/c1-2-3-10(11(13,14)15)16-19(17,18)9-6-4-8(12)5-7-9/h1,4-7,10,16H,3H2. The highest BCUT2D eigenvalue weighted by Crippen LogP contribution is 2.32. The van der Waals surface area contributed by atoms with Crippen molar-refractivity contribution in [3.05, 3.63) is 29.3 Å². The summed E-state index contributed by atoms with van der Waals surface area (Å²) in [5.41, 5.74) is 0. The van der Waals surface area contributed by atoms with Gasteiger partial charge in [0.15, 0.2) is 0 Å². The number of terminal acetylenes is 1. The van der Waals surface area contributed by atoms with Crippen molar-refractivity contribution in [2.24, 2.45) is 0 Å². The fourth-order valence-electron chi connectivity index (χ4n) is 1.21. The van der Waals surface area contributed by atoms with Crippen LogP contribution in [0.15, 0.2) is 29.2 Å². The summed E-state index contributed by atoms with van der Waals surface area (Å²) in [7, 11) is -3.84. The lowest BCUT2D eigenvalue weighted by molar-refractivity contribution is 0.553. The van der Waals surface area contributed by atoms with Crippen LogP contribution in [0.2, 0.25) is 5.02 Å². The summed E-state index contributed by atoms with van der Waals surface area (Å²) in [6.45, 7) is 0. The predicted molar refractivity (Wildman–Crippen MR) is 79.3 cm³/mol. The summed E-state index contributed by atoms with van der Waals surface area (Å²) in [6, 6.07) is 4.55. The number of benzene rings is 1. The van der Waals surface area contributed by atoms with E-state index in [-0.39, 0.29) is 11.3 Å². The van der Waals surface area contributed by atoms with E-state index in [9.17, 15) is 8.42 Å². The van der Waals surface area contributed by atoms with Crippen LogP contribution in [-0.4, -0.2) is 18.3 Å². The van der Waals surface area contributed by atoms with Crippen LogP contribution < -0.4 is 4.72 Å². The Labute approximate surface area is 132 Å². The third-order valence-corrected chi connectivity index (χ3v) is 4.67. The SMILES string of the molecule is C#CCC(NS(=O)(=O)c1ccc(Cl)cc1)C(Cl)(Cl)Cl. The Balaban J connectivity index is 3.01. The highest BCUT2D eigenvalue weighted by atomic mass is 35.6. The molecule has 0 amide bonds. The molecule has 8 heteroatoms. The highest BCUT2D eigenvalue weighted by Gasteiger charge is 2.35. The molecule has 3 nitrogen and oxygen atoms in total. The second-order valence-corrected chi connectivity index (χ2v) is 8.10. The first-order valence-corrected chi connectivity index (χ1v) is 7.94. The molecule has 0 heterocycles. The van der Waals surface area contributed by atoms with Gasteiger partial charge in [0.1, 0.15) is 0 Å². The van der Waals surface area contributed by atoms with Gasteiger partial charge in [-0.2, -0.15) is 0 Å². The van der Waals surface area contributed by atoms with Gasteiger partial charge in [0.2, 0.25) is 13.8 Å². The monoisotopic (exact) mass is 359 g/mol. The van der Waals surface area contributed by atoms with Crippen LogP contribution >= 0.6 is 46.4 Å². The minimum absolute atomic E-state index is 0.00757. The summed E-state index contributed by atoms with van der Waals surface area (Å²) in [4.78, 5) is 0.00757. The number of hydrogen-bond acceptors (Lipinski definition) is 2. The minimum Gasteiger partial charge on any atom is -0.207 e. The van der Waals surface area contributed by atoms with Gasteiger partial charge in [-0.25, -0.2) is 13.1 Å². The molecule has 0 saturated heterocycles. The molecule has 19 heavy (non-hydrogen) atoms. The van der Waals surface area contributed by atoms with Crippen molar-refractivity contribution in [3.8, 4) is 12.3 Å². The maximum Gasteiger partial charge on any atom is 0.240 e. The molecule has 0 saturated carbocycles. The second-order valence-electron chi connectivity index (χ2n) is 3.58. The van der Waals surface area contributed by atoms with Crippen molar-refractivity contribution in [2.75, 3.05) is 0 Å². The first kappa shape index (κ1) is 16.9. The zero-order valence-electron chi connectivity index (χ0n) is 9.41. The van der Waals surface area contributed by atoms with E-state index in [1.54, 1.807) is 0 Å². The van der Waals surface area contributed by atoms with E-state index in [0.29, 0.717) is 5.02 Å². The van der Waals surface area contributed by atoms with Crippen molar-refractivity contribution in [1.82, 2.24) is 4.72 Å². The third kappa shape index (κ3) is 5.03. The molecule has 0 radical (unpaired) electrons. The quantitative estimate of drug-likeness (QED) is 0.660. The van der Waals surface area contributed by atoms with Gasteiger partial charge in [-0.15, -0.1) is 12.3 Å². The van der Waals surface area contributed by atoms with E-state index < -0.39 is 19.9 Å². The minimum atomic E-state index is -3.84. The first-order valence-electron chi connectivity index (χ1n) is 4.95. The Morgan fingerprint density at radius 1 is 1.26 bits per heavy atom. The Bertz CT molecular complexity index is 572. The zero-order chi connectivity index (χ0) is 14.7. The maximum atomic E-state index is 12.1. The summed E-state index contributed by atoms with van der Waals surface area (Å²) >= 11 is 22.7. The smallest absolute Gasteiger partial charge is 0.207 e. The molecule has 0 aliphatic carbocycles. The van der Waals surface area contributed by atoms with Gasteiger partial charge in [-0.1, -0.05) is 46.4 Å². The van der Waals surface area contributed by atoms with E-state index in [1.807, 2.05) is 0 Å². The molecule has 1 aromatic carbocycles. The number of halogens is 4. The Morgan fingerprint density at radius 3 is 2.21 bits per heavy atom. The molecule has 0 bridgehead atoms. The average Bonchev–Trinajstić information content (AvgIpc) is 2.27. The van der Waals surface area contributed by atoms with Crippen LogP contribution in [0.4, 0.5) is 0 Å². The average molecular weight is 361 g/mol. The zero-order valence-corrected chi connectivity index (χ0v) is 13.2. The number of alkyl halides is 3. The summed E-state index contributed by atoms with van der Waals surface area (Å²) in [6.07, 6.45) is 5.07. The molecule has 1 atom stereocenters. The van der Waals surface area contributed by atoms with E-state index in [2.05, 4.69) is 10.6 Å². The third-order valence-electron chi connectivity index (χ3n) is 2.14. The highest BCUT2D eigenvalue weighted by molar-refractivity contribution is 7.89. The van der Waals surface area contributed by atoms with Gasteiger partial charge >= 0.3 is 0 Å². The van der Waals surface area contributed by atoms with Gasteiger partial charge in [0.05, 0.1) is 10.9 Å². The topological polar surface area (TPSA) is 46.2 Å². The van der Waals surface area contributed by atoms with E-state index in [0.717, 1.165) is 0 Å². The maximum absolute atomic E-state index is 12.1. The number of hydrogen-bond donors (Lipinski definition) is 1. The lowest BCUT2D eigenvalue weighted by atomic mass is 10.2. The van der Waals surface area contributed by atoms with Crippen LogP contribution in [0.25, 0.3) is 0 Å². The first-order chi connectivity index (χ1) is 8.66. The van der Waals surface area contributed by atoms with Crippen LogP contribution in [-0.2, 0) is 10.0 Å². The fraction of sp³-hybridized carbons (Fsp3) is 0.273. The van der Waals surface area contributed by atoms with Gasteiger partial charge in [0, 0.05) is 11.4 Å². The van der Waals surface area contributed by atoms with Crippen molar-refractivity contribution in [1.29, 1.82) is 0 Å². The molecule has 1 aromatic rings. The molecule has 0 aliphatic heterocycles. The molecule has 1 N–H and O–H groups in total. The van der Waals surface area contributed by atoms with Crippen LogP contribution in [0.1, 0.15) is 6.42 Å².